The molecule has 0 unspecified atom stereocenters. The number of primary amides is 1. The van der Waals surface area contributed by atoms with Gasteiger partial charge in [0.2, 0.25) is 0 Å². The molecule has 0 atom stereocenters. The fraction of sp³-hybridized carbons (Fsp3) is 0.150. The van der Waals surface area contributed by atoms with Gasteiger partial charge in [-0.3, -0.25) is 9.59 Å². The standard InChI is InChI=1S/C20H19N3O3S/c1-2-17(13-7-9-14(10-8-13)26-11-19(21)24)22-23-20(25)16-12-27-18-6-4-3-5-15(16)18/h3-10,12H,2,11H2,1H3,(H2,21,24)(H,23,25)/b22-17+. The Morgan fingerprint density at radius 2 is 1.89 bits per heavy atom. The summed E-state index contributed by atoms with van der Waals surface area (Å²) in [4.78, 5) is 23.3. The molecular weight excluding hydrogens is 362 g/mol. The average Bonchev–Trinajstić information content (AvgIpc) is 3.12. The van der Waals surface area contributed by atoms with Crippen LogP contribution in [0, 0.1) is 0 Å². The van der Waals surface area contributed by atoms with Gasteiger partial charge in [0.15, 0.2) is 6.61 Å². The molecule has 7 heteroatoms. The lowest BCUT2D eigenvalue weighted by Gasteiger charge is -2.07. The summed E-state index contributed by atoms with van der Waals surface area (Å²) in [6.07, 6.45) is 0.645. The molecule has 0 bridgehead atoms. The van der Waals surface area contributed by atoms with Gasteiger partial charge < -0.3 is 10.5 Å². The molecule has 3 rings (SSSR count). The van der Waals surface area contributed by atoms with Crippen molar-refractivity contribution in [3.8, 4) is 5.75 Å². The zero-order valence-electron chi connectivity index (χ0n) is 14.8. The molecular formula is C20H19N3O3S. The minimum Gasteiger partial charge on any atom is -0.484 e. The summed E-state index contributed by atoms with van der Waals surface area (Å²) in [6.45, 7) is 1.79. The lowest BCUT2D eigenvalue weighted by atomic mass is 10.1. The second-order valence-electron chi connectivity index (χ2n) is 5.78. The molecule has 138 valence electrons. The van der Waals surface area contributed by atoms with Crippen LogP contribution >= 0.6 is 11.3 Å². The predicted octanol–water partition coefficient (Wildman–Crippen LogP) is 3.31. The molecule has 0 spiro atoms. The van der Waals surface area contributed by atoms with Crippen LogP contribution in [0.5, 0.6) is 5.75 Å². The van der Waals surface area contributed by atoms with Gasteiger partial charge in [-0.1, -0.05) is 25.1 Å². The predicted molar refractivity (Wildman–Crippen MR) is 107 cm³/mol. The summed E-state index contributed by atoms with van der Waals surface area (Å²) in [7, 11) is 0. The molecule has 6 nitrogen and oxygen atoms in total. The van der Waals surface area contributed by atoms with Gasteiger partial charge >= 0.3 is 0 Å². The summed E-state index contributed by atoms with van der Waals surface area (Å²) >= 11 is 1.53. The third-order valence-electron chi connectivity index (χ3n) is 3.92. The number of benzene rings is 2. The van der Waals surface area contributed by atoms with Gasteiger partial charge in [-0.15, -0.1) is 11.3 Å². The van der Waals surface area contributed by atoms with E-state index < -0.39 is 5.91 Å². The van der Waals surface area contributed by atoms with Crippen LogP contribution < -0.4 is 15.9 Å². The summed E-state index contributed by atoms with van der Waals surface area (Å²) in [5, 5.41) is 7.05. The molecule has 0 aliphatic heterocycles. The van der Waals surface area contributed by atoms with E-state index in [4.69, 9.17) is 10.5 Å². The minimum atomic E-state index is -0.529. The molecule has 0 saturated heterocycles. The summed E-state index contributed by atoms with van der Waals surface area (Å²) in [6, 6.07) is 14.9. The van der Waals surface area contributed by atoms with E-state index in [1.54, 1.807) is 12.1 Å². The second-order valence-corrected chi connectivity index (χ2v) is 6.69. The molecule has 2 aromatic carbocycles. The maximum absolute atomic E-state index is 12.5. The second kappa shape index (κ2) is 8.46. The van der Waals surface area contributed by atoms with Crippen LogP contribution in [0.3, 0.4) is 0 Å². The number of fused-ring (bicyclic) bond motifs is 1. The fourth-order valence-electron chi connectivity index (χ4n) is 2.58. The van der Waals surface area contributed by atoms with Gasteiger partial charge in [0.05, 0.1) is 11.3 Å². The van der Waals surface area contributed by atoms with E-state index in [0.29, 0.717) is 17.7 Å². The number of nitrogens with one attached hydrogen (secondary N) is 1. The maximum Gasteiger partial charge on any atom is 0.272 e. The van der Waals surface area contributed by atoms with Crippen molar-refractivity contribution in [1.29, 1.82) is 0 Å². The lowest BCUT2D eigenvalue weighted by molar-refractivity contribution is -0.119. The molecule has 1 heterocycles. The van der Waals surface area contributed by atoms with E-state index in [0.717, 1.165) is 21.4 Å². The van der Waals surface area contributed by atoms with Crippen LogP contribution in [-0.2, 0) is 4.79 Å². The summed E-state index contributed by atoms with van der Waals surface area (Å²) in [5.74, 6) is -0.222. The van der Waals surface area contributed by atoms with Gasteiger partial charge in [0.25, 0.3) is 11.8 Å². The third-order valence-corrected chi connectivity index (χ3v) is 4.89. The largest absolute Gasteiger partial charge is 0.484 e. The monoisotopic (exact) mass is 381 g/mol. The van der Waals surface area contributed by atoms with Crippen molar-refractivity contribution in [2.24, 2.45) is 10.8 Å². The number of thiophene rings is 1. The molecule has 0 aliphatic rings. The Labute approximate surface area is 160 Å². The Morgan fingerprint density at radius 1 is 1.15 bits per heavy atom. The Hall–Kier alpha value is -3.19. The third kappa shape index (κ3) is 4.51. The number of hydrazone groups is 1. The van der Waals surface area contributed by atoms with Gasteiger partial charge in [0.1, 0.15) is 5.75 Å². The first-order valence-electron chi connectivity index (χ1n) is 8.43. The van der Waals surface area contributed by atoms with Crippen LogP contribution in [0.1, 0.15) is 29.3 Å². The highest BCUT2D eigenvalue weighted by Crippen LogP contribution is 2.25. The molecule has 3 aromatic rings. The highest BCUT2D eigenvalue weighted by molar-refractivity contribution is 7.17. The lowest BCUT2D eigenvalue weighted by Crippen LogP contribution is -2.20. The van der Waals surface area contributed by atoms with Crippen molar-refractivity contribution < 1.29 is 14.3 Å². The van der Waals surface area contributed by atoms with Gasteiger partial charge in [-0.05, 0) is 42.3 Å². The SMILES string of the molecule is CC/C(=N\NC(=O)c1csc2ccccc12)c1ccc(OCC(N)=O)cc1. The molecule has 1 aromatic heterocycles. The van der Waals surface area contributed by atoms with Crippen molar-refractivity contribution in [1.82, 2.24) is 5.43 Å². The molecule has 0 fully saturated rings. The Balaban J connectivity index is 1.72. The number of nitrogens with two attached hydrogens (primary N) is 1. The van der Waals surface area contributed by atoms with Crippen molar-refractivity contribution in [3.63, 3.8) is 0 Å². The first-order chi connectivity index (χ1) is 13.1. The van der Waals surface area contributed by atoms with Gasteiger partial charge in [0, 0.05) is 15.5 Å². The molecule has 3 N–H and O–H groups in total. The van der Waals surface area contributed by atoms with Crippen LogP contribution in [-0.4, -0.2) is 24.1 Å². The number of hydrogen-bond donors (Lipinski definition) is 2. The summed E-state index contributed by atoms with van der Waals surface area (Å²) < 4.78 is 6.30. The van der Waals surface area contributed by atoms with Crippen molar-refractivity contribution in [3.05, 3.63) is 65.0 Å². The number of rotatable bonds is 7. The molecule has 0 radical (unpaired) electrons. The highest BCUT2D eigenvalue weighted by Gasteiger charge is 2.12. The zero-order valence-corrected chi connectivity index (χ0v) is 15.6. The normalized spacial score (nSPS) is 11.4. The summed E-state index contributed by atoms with van der Waals surface area (Å²) in [5.41, 5.74) is 9.92. The molecule has 0 aliphatic carbocycles. The van der Waals surface area contributed by atoms with E-state index in [1.165, 1.54) is 11.3 Å². The Morgan fingerprint density at radius 3 is 2.59 bits per heavy atom. The van der Waals surface area contributed by atoms with Crippen molar-refractivity contribution in [2.75, 3.05) is 6.61 Å². The van der Waals surface area contributed by atoms with E-state index in [9.17, 15) is 9.59 Å². The smallest absolute Gasteiger partial charge is 0.272 e. The van der Waals surface area contributed by atoms with E-state index >= 15 is 0 Å². The zero-order chi connectivity index (χ0) is 19.2. The fourth-order valence-corrected chi connectivity index (χ4v) is 3.52. The minimum absolute atomic E-state index is 0.168. The van der Waals surface area contributed by atoms with Crippen LogP contribution in [0.15, 0.2) is 59.0 Å². The Bertz CT molecular complexity index is 993. The Kier molecular flexibility index (Phi) is 5.83. The van der Waals surface area contributed by atoms with Gasteiger partial charge in [-0.2, -0.15) is 5.10 Å². The first kappa shape index (κ1) is 18.6. The quantitative estimate of drug-likeness (QED) is 0.486. The van der Waals surface area contributed by atoms with Crippen LogP contribution in [0.25, 0.3) is 10.1 Å². The number of ether oxygens (including phenoxy) is 1. The van der Waals surface area contributed by atoms with E-state index in [-0.39, 0.29) is 12.5 Å². The van der Waals surface area contributed by atoms with E-state index in [1.807, 2.05) is 48.7 Å². The van der Waals surface area contributed by atoms with Crippen molar-refractivity contribution in [2.45, 2.75) is 13.3 Å². The average molecular weight is 381 g/mol. The first-order valence-corrected chi connectivity index (χ1v) is 9.31. The number of amides is 2. The van der Waals surface area contributed by atoms with Gasteiger partial charge in [-0.25, -0.2) is 5.43 Å². The number of carbonyl (C=O) groups excluding carboxylic acids is 2. The van der Waals surface area contributed by atoms with E-state index in [2.05, 4.69) is 10.5 Å². The van der Waals surface area contributed by atoms with Crippen molar-refractivity contribution >= 4 is 38.9 Å². The maximum atomic E-state index is 12.5. The number of hydrogen-bond acceptors (Lipinski definition) is 5. The molecule has 0 saturated carbocycles. The molecule has 2 amide bonds. The van der Waals surface area contributed by atoms with Crippen LogP contribution in [0.4, 0.5) is 0 Å². The number of carbonyl (C=O) groups is 2. The molecule has 27 heavy (non-hydrogen) atoms. The number of nitrogens with zero attached hydrogens (tertiary/aromatic N) is 1. The highest BCUT2D eigenvalue weighted by atomic mass is 32.1. The van der Waals surface area contributed by atoms with Crippen LogP contribution in [0.2, 0.25) is 0 Å². The topological polar surface area (TPSA) is 93.8 Å².